The molecular weight excluding hydrogens is 358 g/mol. The van der Waals surface area contributed by atoms with E-state index >= 15 is 0 Å². The first-order chi connectivity index (χ1) is 12.9. The lowest BCUT2D eigenvalue weighted by Gasteiger charge is -2.08. The monoisotopic (exact) mass is 375 g/mol. The maximum absolute atomic E-state index is 12.2. The van der Waals surface area contributed by atoms with Gasteiger partial charge in [-0.25, -0.2) is 4.79 Å². The zero-order valence-corrected chi connectivity index (χ0v) is 14.4. The normalized spacial score (nSPS) is 10.1. The second-order valence-corrected chi connectivity index (χ2v) is 5.28. The first kappa shape index (κ1) is 19.6. The number of amides is 2. The number of benzene rings is 1. The summed E-state index contributed by atoms with van der Waals surface area (Å²) in [4.78, 5) is 46.1. The van der Waals surface area contributed by atoms with Crippen LogP contribution in [0.3, 0.4) is 0 Å². The lowest BCUT2D eigenvalue weighted by molar-refractivity contribution is -0.384. The van der Waals surface area contributed by atoms with Crippen molar-refractivity contribution in [3.05, 3.63) is 63.6 Å². The van der Waals surface area contributed by atoms with Gasteiger partial charge in [0.25, 0.3) is 11.6 Å². The van der Waals surface area contributed by atoms with E-state index in [1.165, 1.54) is 12.3 Å². The number of hydrogen-bond donors (Lipinski definition) is 2. The Morgan fingerprint density at radius 1 is 1.19 bits per heavy atom. The van der Waals surface area contributed by atoms with Gasteiger partial charge in [0.15, 0.2) is 0 Å². The highest BCUT2D eigenvalue weighted by atomic mass is 16.6. The van der Waals surface area contributed by atoms with Crippen LogP contribution < -0.4 is 10.6 Å². The van der Waals surface area contributed by atoms with E-state index in [0.29, 0.717) is 5.76 Å². The molecule has 10 heteroatoms. The summed E-state index contributed by atoms with van der Waals surface area (Å²) in [7, 11) is 0. The van der Waals surface area contributed by atoms with Crippen molar-refractivity contribution in [1.82, 2.24) is 10.6 Å². The van der Waals surface area contributed by atoms with Crippen LogP contribution in [0.5, 0.6) is 0 Å². The molecule has 0 aliphatic rings. The third kappa shape index (κ3) is 5.66. The molecule has 2 rings (SSSR count). The number of rotatable bonds is 8. The molecule has 0 aliphatic heterocycles. The van der Waals surface area contributed by atoms with Crippen molar-refractivity contribution in [3.63, 3.8) is 0 Å². The highest BCUT2D eigenvalue weighted by molar-refractivity contribution is 6.00. The van der Waals surface area contributed by atoms with Crippen molar-refractivity contribution in [2.24, 2.45) is 0 Å². The summed E-state index contributed by atoms with van der Waals surface area (Å²) in [6.07, 6.45) is 1.46. The molecule has 0 aliphatic carbocycles. The fraction of sp³-hybridized carbons (Fsp3) is 0.235. The minimum absolute atomic E-state index is 0.0822. The fourth-order valence-corrected chi connectivity index (χ4v) is 2.10. The molecule has 0 unspecified atom stereocenters. The Bertz CT molecular complexity index is 846. The van der Waals surface area contributed by atoms with Gasteiger partial charge in [-0.3, -0.25) is 19.7 Å². The summed E-state index contributed by atoms with van der Waals surface area (Å²) in [5.41, 5.74) is -0.697. The van der Waals surface area contributed by atoms with E-state index in [1.807, 2.05) is 0 Å². The van der Waals surface area contributed by atoms with Gasteiger partial charge in [0.1, 0.15) is 5.76 Å². The summed E-state index contributed by atoms with van der Waals surface area (Å²) < 4.78 is 9.86. The Hall–Kier alpha value is -3.69. The third-order valence-corrected chi connectivity index (χ3v) is 3.35. The highest BCUT2D eigenvalue weighted by Gasteiger charge is 2.19. The zero-order chi connectivity index (χ0) is 19.8. The Kier molecular flexibility index (Phi) is 6.64. The van der Waals surface area contributed by atoms with Crippen molar-refractivity contribution >= 4 is 23.5 Å². The quantitative estimate of drug-likeness (QED) is 0.404. The summed E-state index contributed by atoms with van der Waals surface area (Å²) in [5.74, 6) is -1.45. The lowest BCUT2D eigenvalue weighted by Crippen LogP contribution is -2.36. The maximum Gasteiger partial charge on any atom is 0.338 e. The topological polar surface area (TPSA) is 141 Å². The van der Waals surface area contributed by atoms with Crippen LogP contribution in [0.25, 0.3) is 0 Å². The smallest absolute Gasteiger partial charge is 0.338 e. The second-order valence-electron chi connectivity index (χ2n) is 5.28. The van der Waals surface area contributed by atoms with Crippen molar-refractivity contribution in [2.45, 2.75) is 13.5 Å². The van der Waals surface area contributed by atoms with Gasteiger partial charge in [-0.15, -0.1) is 0 Å². The average Bonchev–Trinajstić information content (AvgIpc) is 3.17. The number of nitro groups is 1. The predicted octanol–water partition coefficient (Wildman–Crippen LogP) is 1.41. The Labute approximate surface area is 153 Å². The van der Waals surface area contributed by atoms with Crippen LogP contribution in [0.15, 0.2) is 41.0 Å². The Morgan fingerprint density at radius 2 is 1.93 bits per heavy atom. The van der Waals surface area contributed by atoms with Crippen LogP contribution >= 0.6 is 0 Å². The summed E-state index contributed by atoms with van der Waals surface area (Å²) in [6.45, 7) is 1.48. The van der Waals surface area contributed by atoms with Crippen LogP contribution in [-0.4, -0.2) is 35.9 Å². The molecule has 2 amide bonds. The number of non-ortho nitro benzene ring substituents is 1. The minimum Gasteiger partial charge on any atom is -0.467 e. The predicted molar refractivity (Wildman–Crippen MR) is 91.9 cm³/mol. The highest BCUT2D eigenvalue weighted by Crippen LogP contribution is 2.18. The van der Waals surface area contributed by atoms with Gasteiger partial charge in [-0.2, -0.15) is 0 Å². The van der Waals surface area contributed by atoms with Gasteiger partial charge in [0.05, 0.1) is 36.4 Å². The van der Waals surface area contributed by atoms with E-state index < -0.39 is 28.4 Å². The van der Waals surface area contributed by atoms with E-state index in [0.717, 1.165) is 12.1 Å². The van der Waals surface area contributed by atoms with E-state index in [4.69, 9.17) is 9.15 Å². The van der Waals surface area contributed by atoms with Crippen LogP contribution in [0.2, 0.25) is 0 Å². The molecule has 0 atom stereocenters. The maximum atomic E-state index is 12.2. The molecule has 1 aromatic heterocycles. The standard InChI is InChI=1S/C17H17N3O7/c1-2-26-17(23)12-6-11(7-13(8-12)20(24)25)16(22)19-10-15(21)18-9-14-4-3-5-27-14/h3-8H,2,9-10H2,1H3,(H,18,21)(H,19,22). The fourth-order valence-electron chi connectivity index (χ4n) is 2.10. The van der Waals surface area contributed by atoms with Crippen molar-refractivity contribution in [1.29, 1.82) is 0 Å². The lowest BCUT2D eigenvalue weighted by atomic mass is 10.1. The molecule has 1 aromatic carbocycles. The largest absolute Gasteiger partial charge is 0.467 e. The van der Waals surface area contributed by atoms with Crippen LogP contribution in [0, 0.1) is 10.1 Å². The molecule has 0 spiro atoms. The number of carbonyl (C=O) groups is 3. The molecule has 10 nitrogen and oxygen atoms in total. The molecule has 2 N–H and O–H groups in total. The third-order valence-electron chi connectivity index (χ3n) is 3.35. The number of carbonyl (C=O) groups excluding carboxylic acids is 3. The first-order valence-corrected chi connectivity index (χ1v) is 7.94. The summed E-state index contributed by atoms with van der Waals surface area (Å²) >= 11 is 0. The van der Waals surface area contributed by atoms with E-state index in [9.17, 15) is 24.5 Å². The summed E-state index contributed by atoms with van der Waals surface area (Å²) in [5, 5.41) is 15.9. The average molecular weight is 375 g/mol. The molecule has 0 bridgehead atoms. The molecule has 0 saturated heterocycles. The van der Waals surface area contributed by atoms with Crippen LogP contribution in [-0.2, 0) is 16.1 Å². The van der Waals surface area contributed by atoms with Gasteiger partial charge in [0, 0.05) is 17.7 Å². The van der Waals surface area contributed by atoms with Gasteiger partial charge in [-0.1, -0.05) is 0 Å². The number of ether oxygens (including phenoxy) is 1. The van der Waals surface area contributed by atoms with E-state index in [2.05, 4.69) is 10.6 Å². The van der Waals surface area contributed by atoms with Gasteiger partial charge in [0.2, 0.25) is 5.91 Å². The minimum atomic E-state index is -0.786. The molecule has 0 fully saturated rings. The van der Waals surface area contributed by atoms with Gasteiger partial charge in [-0.05, 0) is 25.1 Å². The number of nitrogens with zero attached hydrogens (tertiary/aromatic N) is 1. The number of nitro benzene ring substituents is 1. The number of furan rings is 1. The zero-order valence-electron chi connectivity index (χ0n) is 14.4. The Morgan fingerprint density at radius 3 is 2.56 bits per heavy atom. The molecule has 1 heterocycles. The Balaban J connectivity index is 2.02. The number of hydrogen-bond acceptors (Lipinski definition) is 7. The van der Waals surface area contributed by atoms with E-state index in [1.54, 1.807) is 19.1 Å². The molecule has 27 heavy (non-hydrogen) atoms. The van der Waals surface area contributed by atoms with Crippen molar-refractivity contribution in [3.8, 4) is 0 Å². The number of nitrogens with one attached hydrogen (secondary N) is 2. The van der Waals surface area contributed by atoms with Crippen molar-refractivity contribution < 1.29 is 28.5 Å². The molecule has 142 valence electrons. The van der Waals surface area contributed by atoms with Gasteiger partial charge < -0.3 is 19.8 Å². The van der Waals surface area contributed by atoms with Gasteiger partial charge >= 0.3 is 5.97 Å². The second kappa shape index (κ2) is 9.13. The SMILES string of the molecule is CCOC(=O)c1cc(C(=O)NCC(=O)NCc2ccco2)cc([N+](=O)[O-])c1. The van der Waals surface area contributed by atoms with Crippen molar-refractivity contribution in [2.75, 3.05) is 13.2 Å². The first-order valence-electron chi connectivity index (χ1n) is 7.94. The molecule has 0 radical (unpaired) electrons. The summed E-state index contributed by atoms with van der Waals surface area (Å²) in [6, 6.07) is 6.55. The van der Waals surface area contributed by atoms with Crippen LogP contribution in [0.4, 0.5) is 5.69 Å². The van der Waals surface area contributed by atoms with E-state index in [-0.39, 0.29) is 30.8 Å². The number of esters is 1. The molecular formula is C17H17N3O7. The van der Waals surface area contributed by atoms with Crippen LogP contribution in [0.1, 0.15) is 33.4 Å². The molecule has 2 aromatic rings. The molecule has 0 saturated carbocycles.